The van der Waals surface area contributed by atoms with Crippen LogP contribution in [0, 0.1) is 19.3 Å². The van der Waals surface area contributed by atoms with Gasteiger partial charge in [-0.25, -0.2) is 0 Å². The third-order valence-electron chi connectivity index (χ3n) is 2.39. The van der Waals surface area contributed by atoms with Crippen molar-refractivity contribution in [2.24, 2.45) is 5.73 Å². The van der Waals surface area contributed by atoms with Crippen molar-refractivity contribution in [3.05, 3.63) is 34.9 Å². The predicted octanol–water partition coefficient (Wildman–Crippen LogP) is 1.21. The molecule has 3 heteroatoms. The molecule has 3 N–H and O–H groups in total. The molecule has 1 aromatic rings. The number of primary amides is 1. The summed E-state index contributed by atoms with van der Waals surface area (Å²) in [5.41, 5.74) is 7.96. The molecule has 0 aromatic heterocycles. The molecule has 84 valence electrons. The highest BCUT2D eigenvalue weighted by Gasteiger charge is 2.03. The summed E-state index contributed by atoms with van der Waals surface area (Å²) < 4.78 is 0. The van der Waals surface area contributed by atoms with E-state index in [9.17, 15) is 4.79 Å². The topological polar surface area (TPSA) is 55.1 Å². The fourth-order valence-corrected chi connectivity index (χ4v) is 1.43. The summed E-state index contributed by atoms with van der Waals surface area (Å²) in [5, 5.41) is 3.23. The minimum atomic E-state index is -0.394. The molecule has 0 fully saturated rings. The third kappa shape index (κ3) is 3.41. The highest BCUT2D eigenvalue weighted by molar-refractivity contribution is 5.93. The Morgan fingerprint density at radius 3 is 2.88 bits per heavy atom. The van der Waals surface area contributed by atoms with Crippen molar-refractivity contribution in [2.45, 2.75) is 19.9 Å². The van der Waals surface area contributed by atoms with Crippen LogP contribution >= 0.6 is 0 Å². The monoisotopic (exact) mass is 216 g/mol. The number of carbonyl (C=O) groups excluding carboxylic acids is 1. The van der Waals surface area contributed by atoms with E-state index in [0.29, 0.717) is 5.56 Å². The Hall–Kier alpha value is -1.79. The van der Waals surface area contributed by atoms with Crippen LogP contribution in [0.4, 0.5) is 0 Å². The number of carbonyl (C=O) groups is 1. The van der Waals surface area contributed by atoms with Gasteiger partial charge >= 0.3 is 0 Å². The molecule has 3 nitrogen and oxygen atoms in total. The van der Waals surface area contributed by atoms with Gasteiger partial charge in [-0.2, -0.15) is 0 Å². The molecule has 0 heterocycles. The number of aryl methyl sites for hydroxylation is 1. The van der Waals surface area contributed by atoms with Crippen LogP contribution in [0.25, 0.3) is 0 Å². The van der Waals surface area contributed by atoms with Crippen LogP contribution in [0.1, 0.15) is 27.9 Å². The lowest BCUT2D eigenvalue weighted by Gasteiger charge is -2.07. The van der Waals surface area contributed by atoms with E-state index in [2.05, 4.69) is 11.2 Å². The fraction of sp³-hybridized carbons (Fsp3) is 0.308. The Labute approximate surface area is 96.0 Å². The summed E-state index contributed by atoms with van der Waals surface area (Å²) in [7, 11) is 0. The Morgan fingerprint density at radius 2 is 2.31 bits per heavy atom. The Morgan fingerprint density at radius 1 is 1.56 bits per heavy atom. The summed E-state index contributed by atoms with van der Waals surface area (Å²) >= 11 is 0. The second-order valence-corrected chi connectivity index (χ2v) is 3.64. The number of rotatable bonds is 5. The van der Waals surface area contributed by atoms with Crippen LogP contribution in [0.2, 0.25) is 0 Å². The molecule has 1 amide bonds. The Kier molecular flexibility index (Phi) is 4.56. The summed E-state index contributed by atoms with van der Waals surface area (Å²) in [4.78, 5) is 10.9. The van der Waals surface area contributed by atoms with Crippen molar-refractivity contribution < 1.29 is 4.79 Å². The SMILES string of the molecule is C#CCCNCc1ccc(C(N)=O)cc1C. The van der Waals surface area contributed by atoms with Gasteiger partial charge in [-0.05, 0) is 30.2 Å². The van der Waals surface area contributed by atoms with Crippen LogP contribution < -0.4 is 11.1 Å². The zero-order valence-corrected chi connectivity index (χ0v) is 9.42. The lowest BCUT2D eigenvalue weighted by molar-refractivity contribution is 0.1000. The van der Waals surface area contributed by atoms with Gasteiger partial charge in [0.1, 0.15) is 0 Å². The standard InChI is InChI=1S/C13H16N2O/c1-3-4-7-15-9-12-6-5-11(13(14)16)8-10(12)2/h1,5-6,8,15H,4,7,9H2,2H3,(H2,14,16). The average molecular weight is 216 g/mol. The van der Waals surface area contributed by atoms with Gasteiger partial charge < -0.3 is 11.1 Å². The number of nitrogens with two attached hydrogens (primary N) is 1. The second kappa shape index (κ2) is 5.94. The van der Waals surface area contributed by atoms with Crippen molar-refractivity contribution in [3.63, 3.8) is 0 Å². The average Bonchev–Trinajstić information content (AvgIpc) is 2.26. The van der Waals surface area contributed by atoms with Gasteiger partial charge in [-0.15, -0.1) is 12.3 Å². The van der Waals surface area contributed by atoms with Gasteiger partial charge in [-0.1, -0.05) is 6.07 Å². The van der Waals surface area contributed by atoms with Crippen LogP contribution in [-0.2, 0) is 6.54 Å². The zero-order chi connectivity index (χ0) is 12.0. The van der Waals surface area contributed by atoms with Gasteiger partial charge in [0.2, 0.25) is 5.91 Å². The number of terminal acetylenes is 1. The molecule has 16 heavy (non-hydrogen) atoms. The summed E-state index contributed by atoms with van der Waals surface area (Å²) in [6.07, 6.45) is 5.87. The second-order valence-electron chi connectivity index (χ2n) is 3.64. The molecule has 0 aliphatic carbocycles. The number of hydrogen-bond donors (Lipinski definition) is 2. The van der Waals surface area contributed by atoms with E-state index in [0.717, 1.165) is 30.6 Å². The van der Waals surface area contributed by atoms with E-state index in [1.807, 2.05) is 13.0 Å². The van der Waals surface area contributed by atoms with Gasteiger partial charge in [0.15, 0.2) is 0 Å². The molecule has 1 aromatic carbocycles. The first-order valence-corrected chi connectivity index (χ1v) is 5.18. The quantitative estimate of drug-likeness (QED) is 0.574. The van der Waals surface area contributed by atoms with E-state index < -0.39 is 5.91 Å². The number of benzene rings is 1. The smallest absolute Gasteiger partial charge is 0.248 e. The maximum absolute atomic E-state index is 10.9. The van der Waals surface area contributed by atoms with E-state index in [4.69, 9.17) is 12.2 Å². The Bertz CT molecular complexity index is 418. The van der Waals surface area contributed by atoms with Crippen LogP contribution in [0.3, 0.4) is 0 Å². The molecular formula is C13H16N2O. The number of amides is 1. The largest absolute Gasteiger partial charge is 0.366 e. The van der Waals surface area contributed by atoms with E-state index in [-0.39, 0.29) is 0 Å². The number of hydrogen-bond acceptors (Lipinski definition) is 2. The molecular weight excluding hydrogens is 200 g/mol. The van der Waals surface area contributed by atoms with E-state index >= 15 is 0 Å². The van der Waals surface area contributed by atoms with Gasteiger partial charge in [0.05, 0.1) is 0 Å². The molecule has 0 aliphatic rings. The molecule has 1 rings (SSSR count). The minimum Gasteiger partial charge on any atom is -0.366 e. The molecule has 0 atom stereocenters. The van der Waals surface area contributed by atoms with Crippen molar-refractivity contribution in [3.8, 4) is 12.3 Å². The van der Waals surface area contributed by atoms with Crippen molar-refractivity contribution in [1.29, 1.82) is 0 Å². The zero-order valence-electron chi connectivity index (χ0n) is 9.42. The summed E-state index contributed by atoms with van der Waals surface area (Å²) in [6.45, 7) is 3.52. The highest BCUT2D eigenvalue weighted by Crippen LogP contribution is 2.10. The van der Waals surface area contributed by atoms with Gasteiger partial charge in [-0.3, -0.25) is 4.79 Å². The minimum absolute atomic E-state index is 0.394. The lowest BCUT2D eigenvalue weighted by Crippen LogP contribution is -2.16. The molecule has 0 saturated heterocycles. The summed E-state index contributed by atoms with van der Waals surface area (Å²) in [5.74, 6) is 2.18. The molecule has 0 saturated carbocycles. The van der Waals surface area contributed by atoms with Gasteiger partial charge in [0.25, 0.3) is 0 Å². The van der Waals surface area contributed by atoms with Crippen LogP contribution in [0.5, 0.6) is 0 Å². The first kappa shape index (κ1) is 12.3. The first-order valence-electron chi connectivity index (χ1n) is 5.18. The molecule has 0 unspecified atom stereocenters. The lowest BCUT2D eigenvalue weighted by atomic mass is 10.0. The molecule has 0 radical (unpaired) electrons. The summed E-state index contributed by atoms with van der Waals surface area (Å²) in [6, 6.07) is 5.46. The van der Waals surface area contributed by atoms with Crippen molar-refractivity contribution in [2.75, 3.05) is 6.54 Å². The fourth-order valence-electron chi connectivity index (χ4n) is 1.43. The van der Waals surface area contributed by atoms with Crippen LogP contribution in [0.15, 0.2) is 18.2 Å². The highest BCUT2D eigenvalue weighted by atomic mass is 16.1. The predicted molar refractivity (Wildman–Crippen MR) is 64.9 cm³/mol. The molecule has 0 spiro atoms. The Balaban J connectivity index is 2.62. The maximum atomic E-state index is 10.9. The maximum Gasteiger partial charge on any atom is 0.248 e. The van der Waals surface area contributed by atoms with Gasteiger partial charge in [0, 0.05) is 25.1 Å². The van der Waals surface area contributed by atoms with Crippen molar-refractivity contribution in [1.82, 2.24) is 5.32 Å². The normalized spacial score (nSPS) is 9.75. The van der Waals surface area contributed by atoms with Crippen LogP contribution in [-0.4, -0.2) is 12.5 Å². The molecule has 0 aliphatic heterocycles. The third-order valence-corrected chi connectivity index (χ3v) is 2.39. The van der Waals surface area contributed by atoms with E-state index in [1.165, 1.54) is 0 Å². The van der Waals surface area contributed by atoms with Crippen molar-refractivity contribution >= 4 is 5.91 Å². The molecule has 0 bridgehead atoms. The first-order chi connectivity index (χ1) is 7.65. The number of nitrogens with one attached hydrogen (secondary N) is 1. The van der Waals surface area contributed by atoms with E-state index in [1.54, 1.807) is 12.1 Å².